The molecule has 0 spiro atoms. The Morgan fingerprint density at radius 3 is 1.00 bits per heavy atom. The molecule has 10 heteroatoms. The van der Waals surface area contributed by atoms with Gasteiger partial charge < -0.3 is 27.9 Å². The molecular weight excluding hydrogens is 1090 g/mol. The summed E-state index contributed by atoms with van der Waals surface area (Å²) in [6, 6.07) is 0. The Hall–Kier alpha value is -2.29. The van der Waals surface area contributed by atoms with Crippen molar-refractivity contribution in [1.29, 1.82) is 0 Å². The lowest BCUT2D eigenvalue weighted by molar-refractivity contribution is -0.870. The maximum atomic E-state index is 12.9. The molecule has 0 radical (unpaired) electrons. The van der Waals surface area contributed by atoms with E-state index in [1.165, 1.54) is 263 Å². The van der Waals surface area contributed by atoms with Crippen LogP contribution in [0.4, 0.5) is 0 Å². The second-order valence-corrected chi connectivity index (χ2v) is 27.7. The number of esters is 2. The van der Waals surface area contributed by atoms with Crippen LogP contribution in [0.2, 0.25) is 0 Å². The summed E-state index contributed by atoms with van der Waals surface area (Å²) in [7, 11) is 1.18. The van der Waals surface area contributed by atoms with Crippen molar-refractivity contribution in [2.45, 2.75) is 367 Å². The standard InChI is InChI=1S/C76H142NO8P/c1-6-8-10-12-14-16-18-20-22-24-26-28-30-32-34-36-38-40-42-44-46-48-50-52-54-56-58-60-62-64-66-68-75(78)82-72-74(73-84-86(80,81)83-71-70-77(3,4)5)85-76(79)69-67-65-63-61-59-57-55-53-51-49-47-45-43-41-39-37-35-33-31-29-27-25-23-21-19-17-15-13-11-9-7-2/h9,11,15,17,21,23-24,26-27,29,74H,6-8,10,12-14,16,18-20,22,25,28,30-73H2,1-5H3/b11-9-,17-15-,23-21-,26-24-,29-27-. The zero-order chi connectivity index (χ0) is 62.6. The minimum Gasteiger partial charge on any atom is -0.756 e. The summed E-state index contributed by atoms with van der Waals surface area (Å²) in [5.74, 6) is -0.814. The number of phosphoric acid groups is 1. The van der Waals surface area contributed by atoms with Gasteiger partial charge in [0.1, 0.15) is 19.8 Å². The Kier molecular flexibility index (Phi) is 65.3. The fourth-order valence-electron chi connectivity index (χ4n) is 10.9. The molecule has 0 aromatic carbocycles. The van der Waals surface area contributed by atoms with Crippen LogP contribution in [0.25, 0.3) is 0 Å². The van der Waals surface area contributed by atoms with E-state index in [0.29, 0.717) is 17.4 Å². The number of phosphoric ester groups is 1. The molecule has 0 aliphatic rings. The summed E-state index contributed by atoms with van der Waals surface area (Å²) in [6.45, 7) is 4.19. The summed E-state index contributed by atoms with van der Waals surface area (Å²) in [6.07, 6.45) is 88.9. The van der Waals surface area contributed by atoms with Gasteiger partial charge in [-0.05, 0) is 77.0 Å². The lowest BCUT2D eigenvalue weighted by Gasteiger charge is -2.28. The Balaban J connectivity index is 3.97. The minimum atomic E-state index is -4.64. The summed E-state index contributed by atoms with van der Waals surface area (Å²) in [4.78, 5) is 38.1. The van der Waals surface area contributed by atoms with Gasteiger partial charge in [0.15, 0.2) is 6.10 Å². The lowest BCUT2D eigenvalue weighted by Crippen LogP contribution is -2.37. The third-order valence-electron chi connectivity index (χ3n) is 16.5. The van der Waals surface area contributed by atoms with E-state index in [4.69, 9.17) is 18.5 Å². The molecule has 0 aliphatic carbocycles. The smallest absolute Gasteiger partial charge is 0.306 e. The quantitative estimate of drug-likeness (QED) is 0.0195. The number of allylic oxidation sites excluding steroid dienone is 10. The maximum Gasteiger partial charge on any atom is 0.306 e. The van der Waals surface area contributed by atoms with Crippen molar-refractivity contribution in [1.82, 2.24) is 0 Å². The zero-order valence-electron chi connectivity index (χ0n) is 57.5. The van der Waals surface area contributed by atoms with Crippen molar-refractivity contribution < 1.29 is 42.1 Å². The second-order valence-electron chi connectivity index (χ2n) is 26.3. The van der Waals surface area contributed by atoms with E-state index < -0.39 is 26.5 Å². The van der Waals surface area contributed by atoms with E-state index in [2.05, 4.69) is 74.6 Å². The first-order chi connectivity index (χ1) is 42.0. The molecule has 0 aromatic heterocycles. The van der Waals surface area contributed by atoms with Crippen molar-refractivity contribution in [3.05, 3.63) is 60.8 Å². The molecule has 0 fully saturated rings. The number of quaternary nitrogens is 1. The fraction of sp³-hybridized carbons (Fsp3) is 0.842. The van der Waals surface area contributed by atoms with Crippen molar-refractivity contribution in [3.63, 3.8) is 0 Å². The highest BCUT2D eigenvalue weighted by atomic mass is 31.2. The van der Waals surface area contributed by atoms with Gasteiger partial charge in [0.2, 0.25) is 0 Å². The molecule has 0 rings (SSSR count). The van der Waals surface area contributed by atoms with Crippen LogP contribution in [-0.2, 0) is 32.7 Å². The van der Waals surface area contributed by atoms with E-state index in [9.17, 15) is 19.0 Å². The molecule has 0 bridgehead atoms. The second kappa shape index (κ2) is 67.1. The number of unbranched alkanes of at least 4 members (excludes halogenated alkanes) is 45. The van der Waals surface area contributed by atoms with Crippen LogP contribution in [0.1, 0.15) is 361 Å². The minimum absolute atomic E-state index is 0.0292. The average Bonchev–Trinajstić information content (AvgIpc) is 3.56. The first kappa shape index (κ1) is 83.7. The summed E-state index contributed by atoms with van der Waals surface area (Å²) < 4.78 is 34.4. The largest absolute Gasteiger partial charge is 0.756 e. The predicted octanol–water partition coefficient (Wildman–Crippen LogP) is 23.5. The number of hydrogen-bond donors (Lipinski definition) is 0. The van der Waals surface area contributed by atoms with Crippen LogP contribution in [0.5, 0.6) is 0 Å². The number of nitrogens with zero attached hydrogens (tertiary/aromatic N) is 1. The van der Waals surface area contributed by atoms with Gasteiger partial charge in [-0.1, -0.05) is 331 Å². The highest BCUT2D eigenvalue weighted by molar-refractivity contribution is 7.45. The van der Waals surface area contributed by atoms with Crippen molar-refractivity contribution in [3.8, 4) is 0 Å². The van der Waals surface area contributed by atoms with E-state index in [0.717, 1.165) is 64.2 Å². The molecule has 0 saturated carbocycles. The number of carbonyl (C=O) groups is 2. The number of hydrogen-bond acceptors (Lipinski definition) is 8. The van der Waals surface area contributed by atoms with Crippen LogP contribution in [0, 0.1) is 0 Å². The summed E-state index contributed by atoms with van der Waals surface area (Å²) >= 11 is 0. The molecule has 504 valence electrons. The molecule has 2 atom stereocenters. The molecule has 2 unspecified atom stereocenters. The molecule has 0 aliphatic heterocycles. The predicted molar refractivity (Wildman–Crippen MR) is 370 cm³/mol. The lowest BCUT2D eigenvalue weighted by atomic mass is 10.0. The highest BCUT2D eigenvalue weighted by Crippen LogP contribution is 2.38. The highest BCUT2D eigenvalue weighted by Gasteiger charge is 2.22. The van der Waals surface area contributed by atoms with Gasteiger partial charge in [-0.3, -0.25) is 14.2 Å². The zero-order valence-corrected chi connectivity index (χ0v) is 58.4. The summed E-state index contributed by atoms with van der Waals surface area (Å²) in [5.41, 5.74) is 0. The van der Waals surface area contributed by atoms with Crippen LogP contribution in [0.15, 0.2) is 60.8 Å². The number of likely N-dealkylation sites (N-methyl/N-ethyl adjacent to an activating group) is 1. The Labute approximate surface area is 534 Å². The molecule has 0 amide bonds. The van der Waals surface area contributed by atoms with Gasteiger partial charge in [0.25, 0.3) is 7.82 Å². The van der Waals surface area contributed by atoms with Crippen molar-refractivity contribution in [2.75, 3.05) is 47.5 Å². The first-order valence-corrected chi connectivity index (χ1v) is 38.5. The molecule has 0 aromatic rings. The third-order valence-corrected chi connectivity index (χ3v) is 17.5. The van der Waals surface area contributed by atoms with Crippen LogP contribution in [-0.4, -0.2) is 70.0 Å². The van der Waals surface area contributed by atoms with E-state index in [-0.39, 0.29) is 32.0 Å². The molecule has 0 N–H and O–H groups in total. The van der Waals surface area contributed by atoms with Crippen LogP contribution in [0.3, 0.4) is 0 Å². The first-order valence-electron chi connectivity index (χ1n) is 37.0. The van der Waals surface area contributed by atoms with Gasteiger partial charge in [-0.25, -0.2) is 0 Å². The van der Waals surface area contributed by atoms with E-state index in [1.807, 2.05) is 21.1 Å². The van der Waals surface area contributed by atoms with Crippen molar-refractivity contribution in [2.24, 2.45) is 0 Å². The van der Waals surface area contributed by atoms with Gasteiger partial charge >= 0.3 is 11.9 Å². The topological polar surface area (TPSA) is 111 Å². The SMILES string of the molecule is CC/C=C\C/C=C\C/C=C\C/C=C\CCCCCCCCCCCCCCCCCCCCC(=O)OC(COC(=O)CCCCCCCCCCCCCCCCCCCCC/C=C\CCCCCCCCCC)COP(=O)([O-])OCC[N+](C)(C)C. The van der Waals surface area contributed by atoms with Gasteiger partial charge in [-0.15, -0.1) is 0 Å². The Bertz CT molecular complexity index is 1630. The molecule has 86 heavy (non-hydrogen) atoms. The van der Waals surface area contributed by atoms with Crippen LogP contribution >= 0.6 is 7.82 Å². The normalized spacial score (nSPS) is 13.4. The number of rotatable bonds is 69. The number of ether oxygens (including phenoxy) is 2. The Morgan fingerprint density at radius 2 is 0.663 bits per heavy atom. The molecule has 0 heterocycles. The average molecular weight is 1230 g/mol. The number of carbonyl (C=O) groups excluding carboxylic acids is 2. The van der Waals surface area contributed by atoms with Crippen molar-refractivity contribution >= 4 is 19.8 Å². The van der Waals surface area contributed by atoms with Gasteiger partial charge in [-0.2, -0.15) is 0 Å². The van der Waals surface area contributed by atoms with Gasteiger partial charge in [0.05, 0.1) is 27.7 Å². The molecule has 0 saturated heterocycles. The molecule has 9 nitrogen and oxygen atoms in total. The third kappa shape index (κ3) is 70.8. The van der Waals surface area contributed by atoms with Crippen LogP contribution < -0.4 is 4.89 Å². The molecular formula is C76H142NO8P. The van der Waals surface area contributed by atoms with Gasteiger partial charge in [0, 0.05) is 12.8 Å². The maximum absolute atomic E-state index is 12.9. The summed E-state index contributed by atoms with van der Waals surface area (Å²) in [5, 5.41) is 0. The Morgan fingerprint density at radius 1 is 0.372 bits per heavy atom. The monoisotopic (exact) mass is 1230 g/mol. The fourth-order valence-corrected chi connectivity index (χ4v) is 11.6. The van der Waals surface area contributed by atoms with E-state index >= 15 is 0 Å². The van der Waals surface area contributed by atoms with E-state index in [1.54, 1.807) is 0 Å².